The molecule has 0 aliphatic heterocycles. The highest BCUT2D eigenvalue weighted by atomic mass is 35.5. The van der Waals surface area contributed by atoms with Gasteiger partial charge >= 0.3 is 0 Å². The van der Waals surface area contributed by atoms with E-state index in [4.69, 9.17) is 11.6 Å². The van der Waals surface area contributed by atoms with Crippen LogP contribution in [0.1, 0.15) is 28.5 Å². The maximum atomic E-state index is 10.6. The highest BCUT2D eigenvalue weighted by Gasteiger charge is 2.12. The number of halogens is 1. The quantitative estimate of drug-likeness (QED) is 0.750. The molecule has 1 unspecified atom stereocenters. The predicted octanol–water partition coefficient (Wildman–Crippen LogP) is 4.59. The lowest BCUT2D eigenvalue weighted by molar-refractivity contribution is 0.220. The zero-order chi connectivity index (χ0) is 15.0. The fourth-order valence-electron chi connectivity index (χ4n) is 2.45. The van der Waals surface area contributed by atoms with E-state index in [0.717, 1.165) is 33.3 Å². The number of hydrogen-bond acceptors (Lipinski definition) is 2. The monoisotopic (exact) mass is 297 g/mol. The summed E-state index contributed by atoms with van der Waals surface area (Å²) in [6.07, 6.45) is -0.660. The van der Waals surface area contributed by atoms with Gasteiger partial charge in [0.25, 0.3) is 0 Å². The van der Waals surface area contributed by atoms with Gasteiger partial charge in [0, 0.05) is 16.1 Å². The Morgan fingerprint density at radius 2 is 1.67 bits per heavy atom. The van der Waals surface area contributed by atoms with Crippen LogP contribution < -0.4 is 0 Å². The predicted molar refractivity (Wildman–Crippen MR) is 86.7 cm³/mol. The summed E-state index contributed by atoms with van der Waals surface area (Å²) in [6.45, 7) is 3.91. The van der Waals surface area contributed by atoms with Gasteiger partial charge in [0.15, 0.2) is 0 Å². The van der Waals surface area contributed by atoms with Crippen molar-refractivity contribution >= 4 is 22.5 Å². The number of aromatic nitrogens is 1. The third-order valence-corrected chi connectivity index (χ3v) is 4.09. The van der Waals surface area contributed by atoms with Gasteiger partial charge < -0.3 is 5.11 Å². The number of aryl methyl sites for hydroxylation is 2. The van der Waals surface area contributed by atoms with Crippen molar-refractivity contribution in [3.63, 3.8) is 0 Å². The molecule has 1 aromatic heterocycles. The van der Waals surface area contributed by atoms with Crippen molar-refractivity contribution in [2.45, 2.75) is 20.0 Å². The SMILES string of the molecule is Cc1ccc2cc(C(O)c3ccc(Cl)c(C)c3)ccc2n1. The lowest BCUT2D eigenvalue weighted by Crippen LogP contribution is -2.00. The summed E-state index contributed by atoms with van der Waals surface area (Å²) < 4.78 is 0. The third kappa shape index (κ3) is 2.78. The maximum Gasteiger partial charge on any atom is 0.104 e. The average Bonchev–Trinajstić information content (AvgIpc) is 2.49. The Morgan fingerprint density at radius 1 is 0.952 bits per heavy atom. The number of hydrogen-bond donors (Lipinski definition) is 1. The van der Waals surface area contributed by atoms with E-state index >= 15 is 0 Å². The molecule has 0 bridgehead atoms. The highest BCUT2D eigenvalue weighted by Crippen LogP contribution is 2.27. The van der Waals surface area contributed by atoms with Crippen LogP contribution in [0.4, 0.5) is 0 Å². The van der Waals surface area contributed by atoms with Crippen molar-refractivity contribution in [3.8, 4) is 0 Å². The molecule has 0 spiro atoms. The van der Waals surface area contributed by atoms with E-state index in [9.17, 15) is 5.11 Å². The summed E-state index contributed by atoms with van der Waals surface area (Å²) in [5, 5.41) is 12.3. The normalized spacial score (nSPS) is 12.6. The molecule has 3 aromatic rings. The number of nitrogens with zero attached hydrogens (tertiary/aromatic N) is 1. The van der Waals surface area contributed by atoms with E-state index in [2.05, 4.69) is 4.98 Å². The molecule has 0 aliphatic carbocycles. The largest absolute Gasteiger partial charge is 0.384 e. The van der Waals surface area contributed by atoms with Crippen LogP contribution in [0.3, 0.4) is 0 Å². The summed E-state index contributed by atoms with van der Waals surface area (Å²) in [6, 6.07) is 15.5. The molecule has 0 aliphatic rings. The Kier molecular flexibility index (Phi) is 3.66. The molecule has 1 N–H and O–H groups in total. The van der Waals surface area contributed by atoms with Crippen molar-refractivity contribution in [1.29, 1.82) is 0 Å². The van der Waals surface area contributed by atoms with E-state index in [1.807, 2.05) is 62.4 Å². The Balaban J connectivity index is 2.02. The first-order chi connectivity index (χ1) is 10.0. The van der Waals surface area contributed by atoms with E-state index in [1.165, 1.54) is 0 Å². The van der Waals surface area contributed by atoms with Gasteiger partial charge in [0.05, 0.1) is 5.52 Å². The molecular formula is C18H16ClNO. The van der Waals surface area contributed by atoms with E-state index in [1.54, 1.807) is 0 Å². The zero-order valence-electron chi connectivity index (χ0n) is 12.0. The molecule has 0 saturated heterocycles. The molecule has 0 amide bonds. The van der Waals surface area contributed by atoms with Crippen LogP contribution in [-0.4, -0.2) is 10.1 Å². The summed E-state index contributed by atoms with van der Waals surface area (Å²) in [4.78, 5) is 4.48. The number of pyridine rings is 1. The van der Waals surface area contributed by atoms with Crippen LogP contribution in [0.2, 0.25) is 5.02 Å². The first kappa shape index (κ1) is 14.1. The molecule has 0 saturated carbocycles. The van der Waals surface area contributed by atoms with E-state index < -0.39 is 6.10 Å². The molecule has 21 heavy (non-hydrogen) atoms. The van der Waals surface area contributed by atoms with E-state index in [0.29, 0.717) is 5.02 Å². The van der Waals surface area contributed by atoms with Gasteiger partial charge in [-0.2, -0.15) is 0 Å². The smallest absolute Gasteiger partial charge is 0.104 e. The number of benzene rings is 2. The summed E-state index contributed by atoms with van der Waals surface area (Å²) in [5.41, 5.74) is 4.60. The summed E-state index contributed by atoms with van der Waals surface area (Å²) in [5.74, 6) is 0. The van der Waals surface area contributed by atoms with Crippen LogP contribution in [0, 0.1) is 13.8 Å². The van der Waals surface area contributed by atoms with Crippen molar-refractivity contribution in [2.24, 2.45) is 0 Å². The molecule has 0 fully saturated rings. The maximum absolute atomic E-state index is 10.6. The van der Waals surface area contributed by atoms with Crippen LogP contribution in [0.15, 0.2) is 48.5 Å². The molecule has 106 valence electrons. The fourth-order valence-corrected chi connectivity index (χ4v) is 2.56. The van der Waals surface area contributed by atoms with Crippen LogP contribution in [0.25, 0.3) is 10.9 Å². The lowest BCUT2D eigenvalue weighted by Gasteiger charge is -2.13. The fraction of sp³-hybridized carbons (Fsp3) is 0.167. The number of aliphatic hydroxyl groups is 1. The van der Waals surface area contributed by atoms with Gasteiger partial charge in [-0.15, -0.1) is 0 Å². The summed E-state index contributed by atoms with van der Waals surface area (Å²) >= 11 is 6.03. The van der Waals surface area contributed by atoms with Crippen LogP contribution >= 0.6 is 11.6 Å². The minimum absolute atomic E-state index is 0.660. The molecule has 0 radical (unpaired) electrons. The van der Waals surface area contributed by atoms with Gasteiger partial charge in [-0.05, 0) is 54.8 Å². The third-order valence-electron chi connectivity index (χ3n) is 3.67. The van der Waals surface area contributed by atoms with Gasteiger partial charge in [-0.1, -0.05) is 35.9 Å². The standard InChI is InChI=1S/C18H16ClNO/c1-11-9-14(5-7-16(11)19)18(21)15-6-8-17-13(10-15)4-3-12(2)20-17/h3-10,18,21H,1-2H3. The second-order valence-electron chi connectivity index (χ2n) is 5.32. The molecule has 3 heteroatoms. The Morgan fingerprint density at radius 3 is 2.43 bits per heavy atom. The van der Waals surface area contributed by atoms with Crippen LogP contribution in [0.5, 0.6) is 0 Å². The van der Waals surface area contributed by atoms with Gasteiger partial charge in [-0.25, -0.2) is 0 Å². The molecular weight excluding hydrogens is 282 g/mol. The highest BCUT2D eigenvalue weighted by molar-refractivity contribution is 6.31. The van der Waals surface area contributed by atoms with Gasteiger partial charge in [0.2, 0.25) is 0 Å². The zero-order valence-corrected chi connectivity index (χ0v) is 12.7. The Hall–Kier alpha value is -1.90. The Bertz CT molecular complexity index is 813. The lowest BCUT2D eigenvalue weighted by atomic mass is 9.98. The second-order valence-corrected chi connectivity index (χ2v) is 5.72. The molecule has 1 atom stereocenters. The molecule has 2 nitrogen and oxygen atoms in total. The average molecular weight is 298 g/mol. The minimum atomic E-state index is -0.660. The topological polar surface area (TPSA) is 33.1 Å². The number of rotatable bonds is 2. The van der Waals surface area contributed by atoms with Crippen molar-refractivity contribution < 1.29 is 5.11 Å². The molecule has 3 rings (SSSR count). The number of fused-ring (bicyclic) bond motifs is 1. The first-order valence-electron chi connectivity index (χ1n) is 6.86. The summed E-state index contributed by atoms with van der Waals surface area (Å²) in [7, 11) is 0. The van der Waals surface area contributed by atoms with Crippen LogP contribution in [-0.2, 0) is 0 Å². The molecule has 1 heterocycles. The first-order valence-corrected chi connectivity index (χ1v) is 7.24. The Labute approximate surface area is 129 Å². The van der Waals surface area contributed by atoms with Crippen molar-refractivity contribution in [2.75, 3.05) is 0 Å². The van der Waals surface area contributed by atoms with Gasteiger partial charge in [0.1, 0.15) is 6.10 Å². The van der Waals surface area contributed by atoms with Gasteiger partial charge in [-0.3, -0.25) is 4.98 Å². The van der Waals surface area contributed by atoms with Crippen molar-refractivity contribution in [3.05, 3.63) is 75.9 Å². The number of aliphatic hydroxyl groups excluding tert-OH is 1. The van der Waals surface area contributed by atoms with Crippen molar-refractivity contribution in [1.82, 2.24) is 4.98 Å². The minimum Gasteiger partial charge on any atom is -0.384 e. The van der Waals surface area contributed by atoms with E-state index in [-0.39, 0.29) is 0 Å². The second kappa shape index (κ2) is 5.47. The molecule has 2 aromatic carbocycles.